The summed E-state index contributed by atoms with van der Waals surface area (Å²) in [5.74, 6) is 0.499. The quantitative estimate of drug-likeness (QED) is 0.683. The van der Waals surface area contributed by atoms with Gasteiger partial charge in [0.05, 0.1) is 12.2 Å². The molecule has 1 aliphatic rings. The molecule has 21 heavy (non-hydrogen) atoms. The fourth-order valence-corrected chi connectivity index (χ4v) is 2.10. The van der Waals surface area contributed by atoms with Crippen LogP contribution in [0, 0.1) is 0 Å². The molecule has 1 aromatic carbocycles. The summed E-state index contributed by atoms with van der Waals surface area (Å²) in [4.78, 5) is 0. The van der Waals surface area contributed by atoms with E-state index in [1.54, 1.807) is 0 Å². The molecule has 2 nitrogen and oxygen atoms in total. The van der Waals surface area contributed by atoms with Crippen LogP contribution in [0.3, 0.4) is 0 Å². The second kappa shape index (κ2) is 7.69. The van der Waals surface area contributed by atoms with E-state index in [2.05, 4.69) is 5.32 Å². The molecule has 1 fully saturated rings. The first-order chi connectivity index (χ1) is 10.1. The first kappa shape index (κ1) is 16.1. The van der Waals surface area contributed by atoms with E-state index < -0.39 is 11.7 Å². The summed E-state index contributed by atoms with van der Waals surface area (Å²) in [6.07, 6.45) is 2.72. The van der Waals surface area contributed by atoms with Crippen LogP contribution in [0.25, 0.3) is 0 Å². The molecular weight excluding hydrogens is 279 g/mol. The van der Waals surface area contributed by atoms with Gasteiger partial charge in [-0.3, -0.25) is 0 Å². The number of benzene rings is 1. The van der Waals surface area contributed by atoms with Crippen LogP contribution in [-0.4, -0.2) is 19.2 Å². The molecular formula is C16H22F3NO. The Balaban J connectivity index is 1.51. The van der Waals surface area contributed by atoms with E-state index in [-0.39, 0.29) is 0 Å². The summed E-state index contributed by atoms with van der Waals surface area (Å²) in [6, 6.07) is 5.63. The molecule has 0 bridgehead atoms. The lowest BCUT2D eigenvalue weighted by atomic mass is 10.2. The van der Waals surface area contributed by atoms with Crippen LogP contribution in [-0.2, 0) is 6.18 Å². The van der Waals surface area contributed by atoms with Crippen LogP contribution in [0.5, 0.6) is 5.75 Å². The predicted octanol–water partition coefficient (Wildman–Crippen LogP) is 4.40. The molecule has 0 radical (unpaired) electrons. The highest BCUT2D eigenvalue weighted by atomic mass is 19.4. The molecule has 0 heterocycles. The summed E-state index contributed by atoms with van der Waals surface area (Å²) in [5, 5.41) is 3.47. The summed E-state index contributed by atoms with van der Waals surface area (Å²) in [6.45, 7) is 1.64. The van der Waals surface area contributed by atoms with Crippen molar-refractivity contribution in [3.05, 3.63) is 29.8 Å². The molecule has 1 saturated carbocycles. The van der Waals surface area contributed by atoms with Crippen LogP contribution in [0.15, 0.2) is 24.3 Å². The van der Waals surface area contributed by atoms with Crippen LogP contribution < -0.4 is 10.1 Å². The van der Waals surface area contributed by atoms with Crippen molar-refractivity contribution in [2.24, 2.45) is 0 Å². The summed E-state index contributed by atoms with van der Waals surface area (Å²) in [7, 11) is 0. The van der Waals surface area contributed by atoms with Crippen molar-refractivity contribution in [3.8, 4) is 5.75 Å². The van der Waals surface area contributed by atoms with Gasteiger partial charge in [0.25, 0.3) is 0 Å². The van der Waals surface area contributed by atoms with E-state index in [0.717, 1.165) is 44.0 Å². The third-order valence-electron chi connectivity index (χ3n) is 3.53. The molecule has 0 spiro atoms. The van der Waals surface area contributed by atoms with E-state index in [0.29, 0.717) is 12.4 Å². The van der Waals surface area contributed by atoms with Crippen molar-refractivity contribution >= 4 is 0 Å². The van der Waals surface area contributed by atoms with Crippen molar-refractivity contribution in [2.45, 2.75) is 50.7 Å². The molecule has 5 heteroatoms. The second-order valence-corrected chi connectivity index (χ2v) is 5.51. The Morgan fingerprint density at radius 2 is 1.67 bits per heavy atom. The fourth-order valence-electron chi connectivity index (χ4n) is 2.10. The average Bonchev–Trinajstić information content (AvgIpc) is 3.25. The SMILES string of the molecule is FC(F)(F)c1ccc(OCCCCCCNC2CC2)cc1. The van der Waals surface area contributed by atoms with Gasteiger partial charge in [-0.05, 0) is 56.5 Å². The Bertz CT molecular complexity index is 413. The van der Waals surface area contributed by atoms with Gasteiger partial charge in [-0.2, -0.15) is 13.2 Å². The van der Waals surface area contributed by atoms with Gasteiger partial charge >= 0.3 is 6.18 Å². The molecule has 2 rings (SSSR count). The lowest BCUT2D eigenvalue weighted by Crippen LogP contribution is -2.17. The molecule has 1 aliphatic carbocycles. The van der Waals surface area contributed by atoms with E-state index >= 15 is 0 Å². The first-order valence-corrected chi connectivity index (χ1v) is 7.59. The lowest BCUT2D eigenvalue weighted by molar-refractivity contribution is -0.137. The summed E-state index contributed by atoms with van der Waals surface area (Å²) in [5.41, 5.74) is -0.641. The largest absolute Gasteiger partial charge is 0.494 e. The second-order valence-electron chi connectivity index (χ2n) is 5.51. The van der Waals surface area contributed by atoms with Crippen LogP contribution in [0.2, 0.25) is 0 Å². The highest BCUT2D eigenvalue weighted by molar-refractivity contribution is 5.28. The monoisotopic (exact) mass is 301 g/mol. The Kier molecular flexibility index (Phi) is 5.91. The minimum Gasteiger partial charge on any atom is -0.494 e. The summed E-state index contributed by atoms with van der Waals surface area (Å²) < 4.78 is 42.6. The molecule has 0 amide bonds. The number of hydrogen-bond acceptors (Lipinski definition) is 2. The maximum atomic E-state index is 12.4. The van der Waals surface area contributed by atoms with Crippen LogP contribution >= 0.6 is 0 Å². The standard InChI is InChI=1S/C16H22F3NO/c17-16(18,19)13-5-9-15(10-6-13)21-12-4-2-1-3-11-20-14-7-8-14/h5-6,9-10,14,20H,1-4,7-8,11-12H2. The van der Waals surface area contributed by atoms with Gasteiger partial charge in [0.15, 0.2) is 0 Å². The smallest absolute Gasteiger partial charge is 0.416 e. The van der Waals surface area contributed by atoms with Crippen molar-refractivity contribution in [3.63, 3.8) is 0 Å². The molecule has 0 aliphatic heterocycles. The Labute approximate surface area is 123 Å². The van der Waals surface area contributed by atoms with E-state index in [1.165, 1.54) is 31.4 Å². The first-order valence-electron chi connectivity index (χ1n) is 7.59. The molecule has 0 unspecified atom stereocenters. The number of rotatable bonds is 9. The Morgan fingerprint density at radius 3 is 2.29 bits per heavy atom. The highest BCUT2D eigenvalue weighted by Gasteiger charge is 2.29. The predicted molar refractivity (Wildman–Crippen MR) is 76.4 cm³/mol. The highest BCUT2D eigenvalue weighted by Crippen LogP contribution is 2.30. The van der Waals surface area contributed by atoms with Gasteiger partial charge < -0.3 is 10.1 Å². The van der Waals surface area contributed by atoms with Crippen molar-refractivity contribution in [1.82, 2.24) is 5.32 Å². The van der Waals surface area contributed by atoms with E-state index in [1.807, 2.05) is 0 Å². The van der Waals surface area contributed by atoms with Gasteiger partial charge in [-0.25, -0.2) is 0 Å². The molecule has 1 aromatic rings. The zero-order valence-electron chi connectivity index (χ0n) is 12.1. The maximum Gasteiger partial charge on any atom is 0.416 e. The molecule has 0 aromatic heterocycles. The van der Waals surface area contributed by atoms with Crippen LogP contribution in [0.4, 0.5) is 13.2 Å². The molecule has 0 atom stereocenters. The zero-order chi connectivity index (χ0) is 15.1. The number of unbranched alkanes of at least 4 members (excludes halogenated alkanes) is 3. The zero-order valence-corrected chi connectivity index (χ0v) is 12.1. The molecule has 118 valence electrons. The summed E-state index contributed by atoms with van der Waals surface area (Å²) >= 11 is 0. The minimum atomic E-state index is -4.28. The minimum absolute atomic E-state index is 0.499. The average molecular weight is 301 g/mol. The van der Waals surface area contributed by atoms with Crippen LogP contribution in [0.1, 0.15) is 44.1 Å². The normalized spacial score (nSPS) is 15.2. The topological polar surface area (TPSA) is 21.3 Å². The maximum absolute atomic E-state index is 12.4. The van der Waals surface area contributed by atoms with Gasteiger partial charge in [0.1, 0.15) is 5.75 Å². The lowest BCUT2D eigenvalue weighted by Gasteiger charge is -2.09. The van der Waals surface area contributed by atoms with E-state index in [9.17, 15) is 13.2 Å². The fraction of sp³-hybridized carbons (Fsp3) is 0.625. The number of nitrogens with one attached hydrogen (secondary N) is 1. The third kappa shape index (κ3) is 6.38. The number of alkyl halides is 3. The van der Waals surface area contributed by atoms with Gasteiger partial charge in [0, 0.05) is 6.04 Å². The number of ether oxygens (including phenoxy) is 1. The molecule has 0 saturated heterocycles. The van der Waals surface area contributed by atoms with E-state index in [4.69, 9.17) is 4.74 Å². The van der Waals surface area contributed by atoms with Crippen molar-refractivity contribution in [1.29, 1.82) is 0 Å². The van der Waals surface area contributed by atoms with Gasteiger partial charge in [-0.15, -0.1) is 0 Å². The Morgan fingerprint density at radius 1 is 1.00 bits per heavy atom. The van der Waals surface area contributed by atoms with Gasteiger partial charge in [-0.1, -0.05) is 12.8 Å². The third-order valence-corrected chi connectivity index (χ3v) is 3.53. The number of hydrogen-bond donors (Lipinski definition) is 1. The Hall–Kier alpha value is -1.23. The van der Waals surface area contributed by atoms with Crippen molar-refractivity contribution in [2.75, 3.05) is 13.2 Å². The molecule has 1 N–H and O–H groups in total. The number of halogens is 3. The van der Waals surface area contributed by atoms with Crippen molar-refractivity contribution < 1.29 is 17.9 Å². The van der Waals surface area contributed by atoms with Gasteiger partial charge in [0.2, 0.25) is 0 Å².